The van der Waals surface area contributed by atoms with E-state index in [9.17, 15) is 23.1 Å². The summed E-state index contributed by atoms with van der Waals surface area (Å²) in [5.74, 6) is -0.751. The lowest BCUT2D eigenvalue weighted by molar-refractivity contribution is -0.139. The Hall–Kier alpha value is -2.74. The Kier molecular flexibility index (Phi) is 5.79. The van der Waals surface area contributed by atoms with Crippen LogP contribution in [0.1, 0.15) is 29.7 Å². The molecule has 0 aliphatic carbocycles. The molecule has 0 spiro atoms. The third kappa shape index (κ3) is 4.39. The van der Waals surface area contributed by atoms with Crippen molar-refractivity contribution in [1.82, 2.24) is 5.32 Å². The number of thioether (sulfide) groups is 1. The zero-order valence-corrected chi connectivity index (χ0v) is 15.6. The van der Waals surface area contributed by atoms with E-state index in [2.05, 4.69) is 10.3 Å². The lowest BCUT2D eigenvalue weighted by Crippen LogP contribution is -2.30. The van der Waals surface area contributed by atoms with Crippen molar-refractivity contribution in [3.05, 3.63) is 82.6 Å². The number of carboxylic acid groups (broad SMARTS) is 1. The summed E-state index contributed by atoms with van der Waals surface area (Å²) in [6.45, 7) is 1.53. The number of allylic oxidation sites excluding steroid dienone is 1. The molecule has 2 aromatic rings. The van der Waals surface area contributed by atoms with Gasteiger partial charge < -0.3 is 10.4 Å². The lowest BCUT2D eigenvalue weighted by atomic mass is 9.92. The maximum absolute atomic E-state index is 13.5. The van der Waals surface area contributed by atoms with Gasteiger partial charge in [-0.1, -0.05) is 60.3 Å². The van der Waals surface area contributed by atoms with Gasteiger partial charge in [0.05, 0.1) is 11.1 Å². The van der Waals surface area contributed by atoms with E-state index in [0.29, 0.717) is 10.9 Å². The SMILES string of the molecule is CC1=C(C(=O)O)C(c2ccccc2C(F)(F)F)N=C(SCc2ccccc2)N1. The molecule has 1 aliphatic rings. The minimum Gasteiger partial charge on any atom is -0.478 e. The molecule has 4 nitrogen and oxygen atoms in total. The molecule has 0 amide bonds. The number of aliphatic carboxylic acids is 1. The first-order valence-corrected chi connectivity index (χ1v) is 9.37. The number of nitrogens with one attached hydrogen (secondary N) is 1. The van der Waals surface area contributed by atoms with Gasteiger partial charge >= 0.3 is 12.1 Å². The van der Waals surface area contributed by atoms with Crippen LogP contribution in [0.15, 0.2) is 70.9 Å². The Morgan fingerprint density at radius 1 is 1.14 bits per heavy atom. The number of hydrogen-bond donors (Lipinski definition) is 2. The van der Waals surface area contributed by atoms with Gasteiger partial charge in [-0.05, 0) is 24.1 Å². The van der Waals surface area contributed by atoms with E-state index in [4.69, 9.17) is 0 Å². The third-order valence-corrected chi connectivity index (χ3v) is 5.19. The van der Waals surface area contributed by atoms with Crippen LogP contribution in [0.5, 0.6) is 0 Å². The van der Waals surface area contributed by atoms with E-state index in [-0.39, 0.29) is 16.8 Å². The van der Waals surface area contributed by atoms with E-state index in [1.54, 1.807) is 0 Å². The molecule has 0 aromatic heterocycles. The Labute approximate surface area is 164 Å². The fourth-order valence-electron chi connectivity index (χ4n) is 2.94. The summed E-state index contributed by atoms with van der Waals surface area (Å²) < 4.78 is 40.4. The molecule has 8 heteroatoms. The van der Waals surface area contributed by atoms with Crippen LogP contribution < -0.4 is 5.32 Å². The molecule has 0 fully saturated rings. The largest absolute Gasteiger partial charge is 0.478 e. The molecule has 28 heavy (non-hydrogen) atoms. The highest BCUT2D eigenvalue weighted by Crippen LogP contribution is 2.40. The van der Waals surface area contributed by atoms with Crippen LogP contribution in [0.25, 0.3) is 0 Å². The molecule has 0 radical (unpaired) electrons. The molecule has 1 aliphatic heterocycles. The number of nitrogens with zero attached hydrogens (tertiary/aromatic N) is 1. The fraction of sp³-hybridized carbons (Fsp3) is 0.200. The van der Waals surface area contributed by atoms with Crippen LogP contribution in [0.2, 0.25) is 0 Å². The normalized spacial score (nSPS) is 17.1. The number of benzene rings is 2. The Bertz CT molecular complexity index is 940. The number of carbonyl (C=O) groups is 1. The molecule has 2 aromatic carbocycles. The van der Waals surface area contributed by atoms with Crippen LogP contribution in [-0.2, 0) is 16.7 Å². The van der Waals surface area contributed by atoms with Gasteiger partial charge in [-0.25, -0.2) is 9.79 Å². The maximum atomic E-state index is 13.5. The molecule has 0 saturated carbocycles. The van der Waals surface area contributed by atoms with Gasteiger partial charge in [0.15, 0.2) is 5.17 Å². The topological polar surface area (TPSA) is 61.7 Å². The van der Waals surface area contributed by atoms with Gasteiger partial charge in [0, 0.05) is 11.4 Å². The Morgan fingerprint density at radius 2 is 1.79 bits per heavy atom. The smallest absolute Gasteiger partial charge is 0.416 e. The predicted octanol–water partition coefficient (Wildman–Crippen LogP) is 5.00. The second-order valence-corrected chi connectivity index (χ2v) is 7.13. The average molecular weight is 406 g/mol. The van der Waals surface area contributed by atoms with E-state index in [1.165, 1.54) is 36.9 Å². The summed E-state index contributed by atoms with van der Waals surface area (Å²) >= 11 is 1.31. The van der Waals surface area contributed by atoms with Gasteiger partial charge in [0.2, 0.25) is 0 Å². The fourth-order valence-corrected chi connectivity index (χ4v) is 3.84. The summed E-state index contributed by atoms with van der Waals surface area (Å²) in [6.07, 6.45) is -4.61. The molecule has 2 N–H and O–H groups in total. The summed E-state index contributed by atoms with van der Waals surface area (Å²) in [7, 11) is 0. The van der Waals surface area contributed by atoms with E-state index < -0.39 is 23.8 Å². The van der Waals surface area contributed by atoms with Crippen LogP contribution in [0.4, 0.5) is 13.2 Å². The van der Waals surface area contributed by atoms with Crippen molar-refractivity contribution < 1.29 is 23.1 Å². The number of alkyl halides is 3. The zero-order chi connectivity index (χ0) is 20.3. The average Bonchev–Trinajstić information content (AvgIpc) is 2.65. The first kappa shape index (κ1) is 20.0. The van der Waals surface area contributed by atoms with E-state index in [0.717, 1.165) is 11.6 Å². The first-order chi connectivity index (χ1) is 13.3. The van der Waals surface area contributed by atoms with Crippen molar-refractivity contribution in [1.29, 1.82) is 0 Å². The highest BCUT2D eigenvalue weighted by Gasteiger charge is 2.38. The van der Waals surface area contributed by atoms with Crippen molar-refractivity contribution in [2.75, 3.05) is 0 Å². The third-order valence-electron chi connectivity index (χ3n) is 4.23. The molecule has 0 bridgehead atoms. The summed E-state index contributed by atoms with van der Waals surface area (Å²) in [6, 6.07) is 13.2. The Morgan fingerprint density at radius 3 is 2.43 bits per heavy atom. The van der Waals surface area contributed by atoms with Gasteiger partial charge in [0.25, 0.3) is 0 Å². The van der Waals surface area contributed by atoms with Gasteiger partial charge in [0.1, 0.15) is 6.04 Å². The molecule has 1 unspecified atom stereocenters. The van der Waals surface area contributed by atoms with Crippen LogP contribution in [0, 0.1) is 0 Å². The van der Waals surface area contributed by atoms with Crippen molar-refractivity contribution in [3.63, 3.8) is 0 Å². The van der Waals surface area contributed by atoms with Gasteiger partial charge in [-0.15, -0.1) is 0 Å². The molecule has 3 rings (SSSR count). The first-order valence-electron chi connectivity index (χ1n) is 8.39. The number of rotatable bonds is 4. The second kappa shape index (κ2) is 8.10. The number of amidine groups is 1. The van der Waals surface area contributed by atoms with E-state index >= 15 is 0 Å². The Balaban J connectivity index is 1.99. The summed E-state index contributed by atoms with van der Waals surface area (Å²) in [5, 5.41) is 12.9. The minimum absolute atomic E-state index is 0.175. The van der Waals surface area contributed by atoms with E-state index in [1.807, 2.05) is 30.3 Å². The molecule has 0 saturated heterocycles. The summed E-state index contributed by atoms with van der Waals surface area (Å²) in [4.78, 5) is 16.1. The zero-order valence-electron chi connectivity index (χ0n) is 14.8. The maximum Gasteiger partial charge on any atom is 0.416 e. The van der Waals surface area contributed by atoms with Gasteiger partial charge in [-0.2, -0.15) is 13.2 Å². The molecule has 1 atom stereocenters. The van der Waals surface area contributed by atoms with Crippen molar-refractivity contribution in [2.45, 2.75) is 24.9 Å². The second-order valence-electron chi connectivity index (χ2n) is 6.16. The monoisotopic (exact) mass is 406 g/mol. The molecule has 146 valence electrons. The summed E-state index contributed by atoms with van der Waals surface area (Å²) in [5.41, 5.74) is 0.0476. The highest BCUT2D eigenvalue weighted by atomic mass is 32.2. The highest BCUT2D eigenvalue weighted by molar-refractivity contribution is 8.13. The van der Waals surface area contributed by atoms with Crippen molar-refractivity contribution in [2.24, 2.45) is 4.99 Å². The molecular formula is C20H17F3N2O2S. The van der Waals surface area contributed by atoms with Crippen molar-refractivity contribution >= 4 is 22.9 Å². The minimum atomic E-state index is -4.61. The predicted molar refractivity (Wildman–Crippen MR) is 103 cm³/mol. The van der Waals surface area contributed by atoms with Crippen LogP contribution >= 0.6 is 11.8 Å². The van der Waals surface area contributed by atoms with Gasteiger partial charge in [-0.3, -0.25) is 0 Å². The lowest BCUT2D eigenvalue weighted by Gasteiger charge is -2.26. The van der Waals surface area contributed by atoms with Crippen LogP contribution in [-0.4, -0.2) is 16.2 Å². The number of halogens is 3. The standard InChI is InChI=1S/C20H17F3N2O2S/c1-12-16(18(26)27)17(14-9-5-6-10-15(14)20(21,22)23)25-19(24-12)28-11-13-7-3-2-4-8-13/h2-10,17H,11H2,1H3,(H,24,25)(H,26,27). The number of aliphatic imine (C=N–C) groups is 1. The van der Waals surface area contributed by atoms with Crippen molar-refractivity contribution in [3.8, 4) is 0 Å². The molecule has 1 heterocycles. The number of carboxylic acids is 1. The van der Waals surface area contributed by atoms with Crippen LogP contribution in [0.3, 0.4) is 0 Å². The number of hydrogen-bond acceptors (Lipinski definition) is 4. The quantitative estimate of drug-likeness (QED) is 0.750. The molecular weight excluding hydrogens is 389 g/mol.